The van der Waals surface area contributed by atoms with Crippen molar-refractivity contribution in [2.75, 3.05) is 19.8 Å². The van der Waals surface area contributed by atoms with Gasteiger partial charge in [0, 0.05) is 18.1 Å². The molecule has 0 saturated heterocycles. The maximum absolute atomic E-state index is 11.8. The molecular formula is C12H12F3NO5. The molecule has 9 heteroatoms. The fourth-order valence-electron chi connectivity index (χ4n) is 1.40. The van der Waals surface area contributed by atoms with Crippen LogP contribution in [0.25, 0.3) is 0 Å². The summed E-state index contributed by atoms with van der Waals surface area (Å²) in [6, 6.07) is 3.59. The summed E-state index contributed by atoms with van der Waals surface area (Å²) in [5, 5.41) is 10.8. The first kappa shape index (κ1) is 16.9. The zero-order valence-electron chi connectivity index (χ0n) is 10.8. The lowest BCUT2D eigenvalue weighted by atomic mass is 10.2. The molecule has 0 amide bonds. The number of rotatable bonds is 8. The van der Waals surface area contributed by atoms with E-state index in [0.717, 1.165) is 6.07 Å². The molecule has 0 aliphatic rings. The Balaban J connectivity index is 2.47. The van der Waals surface area contributed by atoms with Crippen molar-refractivity contribution < 1.29 is 32.4 Å². The third kappa shape index (κ3) is 6.21. The van der Waals surface area contributed by atoms with E-state index in [1.807, 2.05) is 0 Å². The van der Waals surface area contributed by atoms with Crippen molar-refractivity contribution in [1.82, 2.24) is 0 Å². The largest absolute Gasteiger partial charge is 0.487 e. The predicted octanol–water partition coefficient (Wildman–Crippen LogP) is 2.76. The van der Waals surface area contributed by atoms with Gasteiger partial charge in [-0.2, -0.15) is 13.2 Å². The van der Waals surface area contributed by atoms with Crippen LogP contribution in [0.3, 0.4) is 0 Å². The quantitative estimate of drug-likeness (QED) is 0.319. The summed E-state index contributed by atoms with van der Waals surface area (Å²) < 4.78 is 44.8. The van der Waals surface area contributed by atoms with Crippen molar-refractivity contribution in [3.8, 4) is 5.75 Å². The highest BCUT2D eigenvalue weighted by Gasteiger charge is 2.27. The minimum Gasteiger partial charge on any atom is -0.487 e. The Morgan fingerprint density at radius 3 is 2.57 bits per heavy atom. The molecule has 0 spiro atoms. The molecule has 1 aromatic rings. The van der Waals surface area contributed by atoms with Crippen LogP contribution < -0.4 is 4.74 Å². The maximum Gasteiger partial charge on any atom is 0.411 e. The average Bonchev–Trinajstić information content (AvgIpc) is 2.41. The molecule has 0 aliphatic carbocycles. The number of benzene rings is 1. The fraction of sp³-hybridized carbons (Fsp3) is 0.417. The average molecular weight is 307 g/mol. The van der Waals surface area contributed by atoms with Crippen molar-refractivity contribution in [1.29, 1.82) is 0 Å². The summed E-state index contributed by atoms with van der Waals surface area (Å²) in [6.45, 7) is -1.62. The number of nitro groups is 1. The summed E-state index contributed by atoms with van der Waals surface area (Å²) in [5.41, 5.74) is -0.124. The number of carbonyl (C=O) groups is 1. The summed E-state index contributed by atoms with van der Waals surface area (Å²) in [6.07, 6.45) is -3.76. The van der Waals surface area contributed by atoms with Crippen LogP contribution in [0.5, 0.6) is 5.75 Å². The van der Waals surface area contributed by atoms with Crippen molar-refractivity contribution in [3.63, 3.8) is 0 Å². The van der Waals surface area contributed by atoms with Gasteiger partial charge in [-0.1, -0.05) is 0 Å². The Kier molecular flexibility index (Phi) is 6.10. The lowest BCUT2D eigenvalue weighted by Gasteiger charge is -2.09. The number of hydrogen-bond acceptors (Lipinski definition) is 5. The van der Waals surface area contributed by atoms with E-state index >= 15 is 0 Å². The molecule has 0 heterocycles. The van der Waals surface area contributed by atoms with Crippen molar-refractivity contribution >= 4 is 12.0 Å². The van der Waals surface area contributed by atoms with Crippen molar-refractivity contribution in [2.24, 2.45) is 0 Å². The van der Waals surface area contributed by atoms with Crippen LogP contribution in [0, 0.1) is 10.1 Å². The summed E-state index contributed by atoms with van der Waals surface area (Å²) in [7, 11) is 0. The second-order valence-electron chi connectivity index (χ2n) is 3.97. The summed E-state index contributed by atoms with van der Waals surface area (Å²) in [4.78, 5) is 20.7. The van der Waals surface area contributed by atoms with Gasteiger partial charge < -0.3 is 9.47 Å². The Hall–Kier alpha value is -2.16. The SMILES string of the molecule is O=Cc1ccc([N+](=O)[O-])c(OCCCOCC(F)(F)F)c1. The Morgan fingerprint density at radius 2 is 2.00 bits per heavy atom. The Labute approximate surface area is 117 Å². The zero-order chi connectivity index (χ0) is 15.9. The third-order valence-electron chi connectivity index (χ3n) is 2.27. The fourth-order valence-corrected chi connectivity index (χ4v) is 1.40. The Morgan fingerprint density at radius 1 is 1.29 bits per heavy atom. The first-order valence-electron chi connectivity index (χ1n) is 5.84. The highest BCUT2D eigenvalue weighted by atomic mass is 19.4. The van der Waals surface area contributed by atoms with E-state index in [2.05, 4.69) is 4.74 Å². The highest BCUT2D eigenvalue weighted by molar-refractivity contribution is 5.76. The molecule has 0 atom stereocenters. The zero-order valence-corrected chi connectivity index (χ0v) is 10.8. The number of carbonyl (C=O) groups excluding carboxylic acids is 1. The van der Waals surface area contributed by atoms with Crippen LogP contribution in [0.2, 0.25) is 0 Å². The van der Waals surface area contributed by atoms with Gasteiger partial charge in [0.05, 0.1) is 18.1 Å². The van der Waals surface area contributed by atoms with Gasteiger partial charge in [0.25, 0.3) is 0 Å². The number of alkyl halides is 3. The molecule has 6 nitrogen and oxygen atoms in total. The van der Waals surface area contributed by atoms with Crippen LogP contribution in [-0.4, -0.2) is 37.2 Å². The number of nitro benzene ring substituents is 1. The van der Waals surface area contributed by atoms with Gasteiger partial charge in [0.2, 0.25) is 0 Å². The molecular weight excluding hydrogens is 295 g/mol. The minimum atomic E-state index is -4.39. The van der Waals surface area contributed by atoms with Gasteiger partial charge in [-0.25, -0.2) is 0 Å². The monoisotopic (exact) mass is 307 g/mol. The minimum absolute atomic E-state index is 0.0684. The lowest BCUT2D eigenvalue weighted by Crippen LogP contribution is -2.18. The molecule has 0 unspecified atom stereocenters. The van der Waals surface area contributed by atoms with Gasteiger partial charge in [-0.3, -0.25) is 14.9 Å². The number of nitrogens with zero attached hydrogens (tertiary/aromatic N) is 1. The van der Waals surface area contributed by atoms with Gasteiger partial charge in [-0.15, -0.1) is 0 Å². The second-order valence-corrected chi connectivity index (χ2v) is 3.97. The van der Waals surface area contributed by atoms with Crippen LogP contribution in [0.15, 0.2) is 18.2 Å². The molecule has 0 fully saturated rings. The second kappa shape index (κ2) is 7.58. The van der Waals surface area contributed by atoms with Gasteiger partial charge in [-0.05, 0) is 12.1 Å². The van der Waals surface area contributed by atoms with Gasteiger partial charge >= 0.3 is 11.9 Å². The van der Waals surface area contributed by atoms with Crippen LogP contribution in [0.1, 0.15) is 16.8 Å². The number of ether oxygens (including phenoxy) is 2. The van der Waals surface area contributed by atoms with E-state index in [4.69, 9.17) is 4.74 Å². The van der Waals surface area contributed by atoms with E-state index in [-0.39, 0.29) is 36.6 Å². The van der Waals surface area contributed by atoms with Crippen LogP contribution in [0.4, 0.5) is 18.9 Å². The Bertz CT molecular complexity index is 504. The van der Waals surface area contributed by atoms with E-state index in [1.165, 1.54) is 12.1 Å². The van der Waals surface area contributed by atoms with E-state index in [1.54, 1.807) is 0 Å². The smallest absolute Gasteiger partial charge is 0.411 e. The van der Waals surface area contributed by atoms with Gasteiger partial charge in [0.15, 0.2) is 5.75 Å². The van der Waals surface area contributed by atoms with E-state index < -0.39 is 17.7 Å². The molecule has 0 aromatic heterocycles. The number of halogens is 3. The molecule has 1 aromatic carbocycles. The van der Waals surface area contributed by atoms with E-state index in [9.17, 15) is 28.1 Å². The molecule has 0 bridgehead atoms. The third-order valence-corrected chi connectivity index (χ3v) is 2.27. The molecule has 21 heavy (non-hydrogen) atoms. The molecule has 116 valence electrons. The van der Waals surface area contributed by atoms with E-state index in [0.29, 0.717) is 6.29 Å². The topological polar surface area (TPSA) is 78.7 Å². The van der Waals surface area contributed by atoms with Gasteiger partial charge in [0.1, 0.15) is 12.9 Å². The summed E-state index contributed by atoms with van der Waals surface area (Å²) >= 11 is 0. The molecule has 0 saturated carbocycles. The normalized spacial score (nSPS) is 11.2. The lowest BCUT2D eigenvalue weighted by molar-refractivity contribution is -0.385. The first-order valence-corrected chi connectivity index (χ1v) is 5.84. The standard InChI is InChI=1S/C12H12F3NO5/c13-12(14,15)8-20-4-1-5-21-11-6-9(7-17)2-3-10(11)16(18)19/h2-3,6-7H,1,4-5,8H2. The van der Waals surface area contributed by atoms with Crippen LogP contribution >= 0.6 is 0 Å². The van der Waals surface area contributed by atoms with Crippen molar-refractivity contribution in [2.45, 2.75) is 12.6 Å². The first-order chi connectivity index (χ1) is 9.83. The summed E-state index contributed by atoms with van der Waals surface area (Å²) in [5.74, 6) is -0.111. The molecule has 0 radical (unpaired) electrons. The molecule has 1 rings (SSSR count). The van der Waals surface area contributed by atoms with Crippen molar-refractivity contribution in [3.05, 3.63) is 33.9 Å². The predicted molar refractivity (Wildman–Crippen MR) is 65.5 cm³/mol. The number of hydrogen-bond donors (Lipinski definition) is 0. The maximum atomic E-state index is 11.8. The highest BCUT2D eigenvalue weighted by Crippen LogP contribution is 2.27. The van der Waals surface area contributed by atoms with Crippen LogP contribution in [-0.2, 0) is 4.74 Å². The molecule has 0 N–H and O–H groups in total. The number of aldehydes is 1. The molecule has 0 aliphatic heterocycles.